The maximum absolute atomic E-state index is 5.90. The molecule has 1 saturated heterocycles. The minimum absolute atomic E-state index is 0.481. The summed E-state index contributed by atoms with van der Waals surface area (Å²) in [5.74, 6) is 1.72. The van der Waals surface area contributed by atoms with Crippen molar-refractivity contribution < 1.29 is 4.74 Å². The van der Waals surface area contributed by atoms with Crippen LogP contribution in [-0.4, -0.2) is 19.3 Å². The van der Waals surface area contributed by atoms with Gasteiger partial charge < -0.3 is 10.5 Å². The van der Waals surface area contributed by atoms with Crippen LogP contribution in [0.5, 0.6) is 0 Å². The second kappa shape index (κ2) is 3.11. The summed E-state index contributed by atoms with van der Waals surface area (Å²) in [4.78, 5) is 0. The van der Waals surface area contributed by atoms with Gasteiger partial charge in [-0.3, -0.25) is 0 Å². The second-order valence-electron chi connectivity index (χ2n) is 3.96. The molecular formula is C9H17NO. The lowest BCUT2D eigenvalue weighted by molar-refractivity contribution is -0.00499. The minimum Gasteiger partial charge on any atom is -0.381 e. The van der Waals surface area contributed by atoms with Crippen LogP contribution in [0.3, 0.4) is 0 Å². The highest BCUT2D eigenvalue weighted by molar-refractivity contribution is 4.83. The van der Waals surface area contributed by atoms with Crippen molar-refractivity contribution in [1.82, 2.24) is 0 Å². The SMILES string of the molecule is NC1CCC2COCCC2C1. The zero-order valence-electron chi connectivity index (χ0n) is 6.96. The van der Waals surface area contributed by atoms with Gasteiger partial charge in [0.1, 0.15) is 0 Å². The Bertz CT molecular complexity index is 138. The van der Waals surface area contributed by atoms with Crippen molar-refractivity contribution in [2.75, 3.05) is 13.2 Å². The molecule has 1 saturated carbocycles. The fraction of sp³-hybridized carbons (Fsp3) is 1.00. The van der Waals surface area contributed by atoms with E-state index in [1.165, 1.54) is 25.7 Å². The topological polar surface area (TPSA) is 35.2 Å². The van der Waals surface area contributed by atoms with Gasteiger partial charge in [-0.05, 0) is 37.5 Å². The number of fused-ring (bicyclic) bond motifs is 1. The molecule has 2 heteroatoms. The first-order valence-electron chi connectivity index (χ1n) is 4.69. The molecule has 0 aromatic rings. The van der Waals surface area contributed by atoms with Crippen molar-refractivity contribution in [2.24, 2.45) is 17.6 Å². The molecule has 0 spiro atoms. The van der Waals surface area contributed by atoms with Gasteiger partial charge in [0.15, 0.2) is 0 Å². The summed E-state index contributed by atoms with van der Waals surface area (Å²) in [7, 11) is 0. The fourth-order valence-electron chi connectivity index (χ4n) is 2.41. The molecule has 2 N–H and O–H groups in total. The predicted molar refractivity (Wildman–Crippen MR) is 44.2 cm³/mol. The van der Waals surface area contributed by atoms with Crippen LogP contribution >= 0.6 is 0 Å². The summed E-state index contributed by atoms with van der Waals surface area (Å²) >= 11 is 0. The maximum atomic E-state index is 5.90. The smallest absolute Gasteiger partial charge is 0.0496 e. The average molecular weight is 155 g/mol. The molecule has 3 atom stereocenters. The molecule has 11 heavy (non-hydrogen) atoms. The van der Waals surface area contributed by atoms with E-state index in [-0.39, 0.29) is 0 Å². The first kappa shape index (κ1) is 7.56. The molecular weight excluding hydrogens is 138 g/mol. The summed E-state index contributed by atoms with van der Waals surface area (Å²) in [6.07, 6.45) is 5.00. The molecule has 0 bridgehead atoms. The molecule has 2 fully saturated rings. The maximum Gasteiger partial charge on any atom is 0.0496 e. The molecule has 2 rings (SSSR count). The normalized spacial score (nSPS) is 45.0. The molecule has 1 aliphatic carbocycles. The largest absolute Gasteiger partial charge is 0.381 e. The van der Waals surface area contributed by atoms with E-state index in [1.54, 1.807) is 0 Å². The van der Waals surface area contributed by atoms with Gasteiger partial charge in [0.05, 0.1) is 0 Å². The number of nitrogens with two attached hydrogens (primary N) is 1. The van der Waals surface area contributed by atoms with Gasteiger partial charge in [-0.15, -0.1) is 0 Å². The lowest BCUT2D eigenvalue weighted by Crippen LogP contribution is -2.38. The average Bonchev–Trinajstić information content (AvgIpc) is 2.04. The molecule has 0 radical (unpaired) electrons. The van der Waals surface area contributed by atoms with Gasteiger partial charge in [-0.25, -0.2) is 0 Å². The number of ether oxygens (including phenoxy) is 1. The second-order valence-corrected chi connectivity index (χ2v) is 3.96. The monoisotopic (exact) mass is 155 g/mol. The van der Waals surface area contributed by atoms with Crippen molar-refractivity contribution in [1.29, 1.82) is 0 Å². The Morgan fingerprint density at radius 3 is 2.91 bits per heavy atom. The third-order valence-corrected chi connectivity index (χ3v) is 3.15. The molecule has 64 valence electrons. The molecule has 0 amide bonds. The third kappa shape index (κ3) is 1.57. The Morgan fingerprint density at radius 1 is 1.09 bits per heavy atom. The highest BCUT2D eigenvalue weighted by atomic mass is 16.5. The van der Waals surface area contributed by atoms with Crippen LogP contribution in [0.2, 0.25) is 0 Å². The quantitative estimate of drug-likeness (QED) is 0.569. The van der Waals surface area contributed by atoms with Crippen molar-refractivity contribution in [3.63, 3.8) is 0 Å². The first-order chi connectivity index (χ1) is 5.36. The van der Waals surface area contributed by atoms with E-state index in [2.05, 4.69) is 0 Å². The van der Waals surface area contributed by atoms with Crippen LogP contribution < -0.4 is 5.73 Å². The highest BCUT2D eigenvalue weighted by Gasteiger charge is 2.30. The molecule has 0 aromatic carbocycles. The minimum atomic E-state index is 0.481. The molecule has 3 unspecified atom stereocenters. The van der Waals surface area contributed by atoms with Crippen LogP contribution in [0.15, 0.2) is 0 Å². The number of hydrogen-bond donors (Lipinski definition) is 1. The zero-order chi connectivity index (χ0) is 7.68. The number of rotatable bonds is 0. The predicted octanol–water partition coefficient (Wildman–Crippen LogP) is 1.15. The Kier molecular flexibility index (Phi) is 2.14. The fourth-order valence-corrected chi connectivity index (χ4v) is 2.41. The summed E-state index contributed by atoms with van der Waals surface area (Å²) < 4.78 is 5.43. The van der Waals surface area contributed by atoms with Gasteiger partial charge in [-0.2, -0.15) is 0 Å². The highest BCUT2D eigenvalue weighted by Crippen LogP contribution is 2.34. The standard InChI is InChI=1S/C9H17NO/c10-9-2-1-8-6-11-4-3-7(8)5-9/h7-9H,1-6,10H2. The molecule has 1 heterocycles. The summed E-state index contributed by atoms with van der Waals surface area (Å²) in [5.41, 5.74) is 5.90. The Hall–Kier alpha value is -0.0800. The summed E-state index contributed by atoms with van der Waals surface area (Å²) in [5, 5.41) is 0. The van der Waals surface area contributed by atoms with Gasteiger partial charge >= 0.3 is 0 Å². The van der Waals surface area contributed by atoms with Crippen molar-refractivity contribution >= 4 is 0 Å². The van der Waals surface area contributed by atoms with E-state index in [9.17, 15) is 0 Å². The van der Waals surface area contributed by atoms with Crippen LogP contribution in [0, 0.1) is 11.8 Å². The van der Waals surface area contributed by atoms with E-state index in [0.717, 1.165) is 25.0 Å². The Labute approximate surface area is 68.1 Å². The van der Waals surface area contributed by atoms with Crippen molar-refractivity contribution in [3.05, 3.63) is 0 Å². The van der Waals surface area contributed by atoms with Crippen LogP contribution in [0.1, 0.15) is 25.7 Å². The summed E-state index contributed by atoms with van der Waals surface area (Å²) in [6, 6.07) is 0.481. The van der Waals surface area contributed by atoms with Crippen LogP contribution in [0.4, 0.5) is 0 Å². The lowest BCUT2D eigenvalue weighted by atomic mass is 9.75. The first-order valence-corrected chi connectivity index (χ1v) is 4.69. The molecule has 2 nitrogen and oxygen atoms in total. The van der Waals surface area contributed by atoms with E-state index >= 15 is 0 Å². The van der Waals surface area contributed by atoms with Crippen molar-refractivity contribution in [2.45, 2.75) is 31.7 Å². The van der Waals surface area contributed by atoms with Gasteiger partial charge in [0.2, 0.25) is 0 Å². The van der Waals surface area contributed by atoms with Crippen LogP contribution in [-0.2, 0) is 4.74 Å². The lowest BCUT2D eigenvalue weighted by Gasteiger charge is -2.37. The molecule has 1 aliphatic heterocycles. The summed E-state index contributed by atoms with van der Waals surface area (Å²) in [6.45, 7) is 1.96. The molecule has 0 aromatic heterocycles. The van der Waals surface area contributed by atoms with E-state index in [4.69, 9.17) is 10.5 Å². The zero-order valence-corrected chi connectivity index (χ0v) is 6.96. The third-order valence-electron chi connectivity index (χ3n) is 3.15. The van der Waals surface area contributed by atoms with Gasteiger partial charge in [-0.1, -0.05) is 0 Å². The Morgan fingerprint density at radius 2 is 2.00 bits per heavy atom. The van der Waals surface area contributed by atoms with Crippen molar-refractivity contribution in [3.8, 4) is 0 Å². The van der Waals surface area contributed by atoms with Gasteiger partial charge in [0, 0.05) is 19.3 Å². The Balaban J connectivity index is 1.93. The van der Waals surface area contributed by atoms with Crippen LogP contribution in [0.25, 0.3) is 0 Å². The number of hydrogen-bond acceptors (Lipinski definition) is 2. The van der Waals surface area contributed by atoms with E-state index < -0.39 is 0 Å². The molecule has 2 aliphatic rings. The van der Waals surface area contributed by atoms with E-state index in [1.807, 2.05) is 0 Å². The van der Waals surface area contributed by atoms with E-state index in [0.29, 0.717) is 6.04 Å². The van der Waals surface area contributed by atoms with Gasteiger partial charge in [0.25, 0.3) is 0 Å².